The molecule has 1 aliphatic heterocycles. The number of nitrogens with one attached hydrogen (secondary N) is 1. The summed E-state index contributed by atoms with van der Waals surface area (Å²) in [6.45, 7) is 0.321. The van der Waals surface area contributed by atoms with Crippen molar-refractivity contribution in [2.45, 2.75) is 50.1 Å². The van der Waals surface area contributed by atoms with E-state index in [1.54, 1.807) is 23.9 Å². The van der Waals surface area contributed by atoms with Gasteiger partial charge in [-0.3, -0.25) is 9.59 Å². The maximum absolute atomic E-state index is 13.4. The molecule has 2 aromatic rings. The fourth-order valence-electron chi connectivity index (χ4n) is 4.41. The molecule has 0 bridgehead atoms. The van der Waals surface area contributed by atoms with Crippen molar-refractivity contribution in [3.63, 3.8) is 0 Å². The van der Waals surface area contributed by atoms with Crippen LogP contribution in [-0.4, -0.2) is 33.9 Å². The Bertz CT molecular complexity index is 869. The van der Waals surface area contributed by atoms with E-state index in [1.165, 1.54) is 31.4 Å². The standard InChI is InChI=1S/C24H27FN2O2S/c25-20-13-11-17(12-14-20)15-26-22(28)21-16-30-24(19-9-5-2-6-10-19)27(21)23(29)18-7-3-1-4-8-18/h1,3-4,7-8,11-14,19,21,24H,2,5-6,9-10,15-16H2,(H,26,28). The molecule has 4 nitrogen and oxygen atoms in total. The van der Waals surface area contributed by atoms with E-state index < -0.39 is 6.04 Å². The lowest BCUT2D eigenvalue weighted by Gasteiger charge is -2.35. The molecule has 4 rings (SSSR count). The number of hydrogen-bond donors (Lipinski definition) is 1. The van der Waals surface area contributed by atoms with Crippen molar-refractivity contribution in [3.05, 3.63) is 71.5 Å². The van der Waals surface area contributed by atoms with E-state index in [0.717, 1.165) is 18.4 Å². The number of benzene rings is 2. The van der Waals surface area contributed by atoms with Crippen molar-refractivity contribution in [3.8, 4) is 0 Å². The summed E-state index contributed by atoms with van der Waals surface area (Å²) in [4.78, 5) is 28.3. The van der Waals surface area contributed by atoms with Gasteiger partial charge in [0, 0.05) is 17.9 Å². The SMILES string of the molecule is O=C(NCc1ccc(F)cc1)C1CSC(C2CCCCC2)N1C(=O)c1ccccc1. The third kappa shape index (κ3) is 4.69. The van der Waals surface area contributed by atoms with Crippen molar-refractivity contribution in [1.82, 2.24) is 10.2 Å². The Hall–Kier alpha value is -2.34. The maximum Gasteiger partial charge on any atom is 0.255 e. The Kier molecular flexibility index (Phi) is 6.72. The number of thioether (sulfide) groups is 1. The normalized spacial score (nSPS) is 22.1. The number of carbonyl (C=O) groups excluding carboxylic acids is 2. The van der Waals surface area contributed by atoms with Crippen molar-refractivity contribution < 1.29 is 14.0 Å². The van der Waals surface area contributed by atoms with E-state index in [-0.39, 0.29) is 23.0 Å². The highest BCUT2D eigenvalue weighted by Crippen LogP contribution is 2.41. The lowest BCUT2D eigenvalue weighted by molar-refractivity contribution is -0.125. The molecule has 2 fully saturated rings. The molecule has 158 valence electrons. The van der Waals surface area contributed by atoms with E-state index in [0.29, 0.717) is 23.8 Å². The topological polar surface area (TPSA) is 49.4 Å². The van der Waals surface area contributed by atoms with Gasteiger partial charge in [-0.05, 0) is 48.6 Å². The summed E-state index contributed by atoms with van der Waals surface area (Å²) in [6, 6.07) is 14.8. The van der Waals surface area contributed by atoms with E-state index in [9.17, 15) is 14.0 Å². The highest BCUT2D eigenvalue weighted by molar-refractivity contribution is 8.00. The lowest BCUT2D eigenvalue weighted by Crippen LogP contribution is -2.51. The molecule has 2 aromatic carbocycles. The van der Waals surface area contributed by atoms with Crippen LogP contribution in [0.15, 0.2) is 54.6 Å². The van der Waals surface area contributed by atoms with Crippen LogP contribution in [0.25, 0.3) is 0 Å². The molecule has 1 heterocycles. The second-order valence-electron chi connectivity index (χ2n) is 8.06. The van der Waals surface area contributed by atoms with Crippen LogP contribution in [0.5, 0.6) is 0 Å². The van der Waals surface area contributed by atoms with Crippen LogP contribution in [0.3, 0.4) is 0 Å². The average Bonchev–Trinajstić information content (AvgIpc) is 3.24. The molecule has 2 aliphatic rings. The van der Waals surface area contributed by atoms with Crippen LogP contribution in [0.4, 0.5) is 4.39 Å². The van der Waals surface area contributed by atoms with Gasteiger partial charge >= 0.3 is 0 Å². The van der Waals surface area contributed by atoms with Gasteiger partial charge in [-0.2, -0.15) is 0 Å². The van der Waals surface area contributed by atoms with Gasteiger partial charge in [0.15, 0.2) is 0 Å². The number of carbonyl (C=O) groups is 2. The number of nitrogens with zero attached hydrogens (tertiary/aromatic N) is 1. The second kappa shape index (κ2) is 9.65. The first-order chi connectivity index (χ1) is 14.6. The molecule has 2 unspecified atom stereocenters. The van der Waals surface area contributed by atoms with Crippen molar-refractivity contribution >= 4 is 23.6 Å². The van der Waals surface area contributed by atoms with Crippen LogP contribution in [0, 0.1) is 11.7 Å². The predicted octanol–water partition coefficient (Wildman–Crippen LogP) is 4.61. The number of amides is 2. The fourth-order valence-corrected chi connectivity index (χ4v) is 6.05. The van der Waals surface area contributed by atoms with Gasteiger partial charge in [-0.25, -0.2) is 4.39 Å². The quantitative estimate of drug-likeness (QED) is 0.760. The first kappa shape index (κ1) is 20.9. The first-order valence-electron chi connectivity index (χ1n) is 10.6. The molecule has 2 amide bonds. The monoisotopic (exact) mass is 426 g/mol. The summed E-state index contributed by atoms with van der Waals surface area (Å²) in [6.07, 6.45) is 5.86. The third-order valence-electron chi connectivity index (χ3n) is 6.03. The summed E-state index contributed by atoms with van der Waals surface area (Å²) in [7, 11) is 0. The van der Waals surface area contributed by atoms with Gasteiger partial charge in [0.05, 0.1) is 5.37 Å². The molecular formula is C24H27FN2O2S. The molecule has 0 radical (unpaired) electrons. The molecule has 2 atom stereocenters. The zero-order valence-corrected chi connectivity index (χ0v) is 17.7. The minimum Gasteiger partial charge on any atom is -0.350 e. The summed E-state index contributed by atoms with van der Waals surface area (Å²) in [5.74, 6) is 0.528. The number of rotatable bonds is 5. The minimum atomic E-state index is -0.491. The van der Waals surface area contributed by atoms with Crippen LogP contribution in [0.1, 0.15) is 48.0 Å². The average molecular weight is 427 g/mol. The van der Waals surface area contributed by atoms with E-state index in [4.69, 9.17) is 0 Å². The second-order valence-corrected chi connectivity index (χ2v) is 9.21. The highest BCUT2D eigenvalue weighted by Gasteiger charge is 2.45. The molecule has 6 heteroatoms. The first-order valence-corrected chi connectivity index (χ1v) is 11.7. The largest absolute Gasteiger partial charge is 0.350 e. The van der Waals surface area contributed by atoms with Crippen molar-refractivity contribution in [2.24, 2.45) is 5.92 Å². The summed E-state index contributed by atoms with van der Waals surface area (Å²) < 4.78 is 13.1. The molecule has 1 saturated heterocycles. The predicted molar refractivity (Wildman–Crippen MR) is 117 cm³/mol. The highest BCUT2D eigenvalue weighted by atomic mass is 32.2. The van der Waals surface area contributed by atoms with Crippen molar-refractivity contribution in [2.75, 3.05) is 5.75 Å². The molecule has 30 heavy (non-hydrogen) atoms. The summed E-state index contributed by atoms with van der Waals surface area (Å²) in [5, 5.41) is 2.99. The molecule has 0 spiro atoms. The Balaban J connectivity index is 1.51. The molecule has 1 saturated carbocycles. The number of halogens is 1. The van der Waals surface area contributed by atoms with Crippen LogP contribution < -0.4 is 5.32 Å². The zero-order valence-electron chi connectivity index (χ0n) is 16.9. The third-order valence-corrected chi connectivity index (χ3v) is 7.49. The summed E-state index contributed by atoms with van der Waals surface area (Å²) in [5.41, 5.74) is 1.46. The van der Waals surface area contributed by atoms with Crippen LogP contribution in [-0.2, 0) is 11.3 Å². The van der Waals surface area contributed by atoms with Crippen LogP contribution in [0.2, 0.25) is 0 Å². The van der Waals surface area contributed by atoms with Gasteiger partial charge in [0.1, 0.15) is 11.9 Å². The molecule has 1 aliphatic carbocycles. The molecule has 0 aromatic heterocycles. The lowest BCUT2D eigenvalue weighted by atomic mass is 9.88. The van der Waals surface area contributed by atoms with Crippen molar-refractivity contribution in [1.29, 1.82) is 0 Å². The van der Waals surface area contributed by atoms with E-state index in [1.807, 2.05) is 35.2 Å². The zero-order chi connectivity index (χ0) is 20.9. The van der Waals surface area contributed by atoms with Gasteiger partial charge in [0.25, 0.3) is 5.91 Å². The molecular weight excluding hydrogens is 399 g/mol. The van der Waals surface area contributed by atoms with Crippen LogP contribution >= 0.6 is 11.8 Å². The minimum absolute atomic E-state index is 0.0413. The van der Waals surface area contributed by atoms with Gasteiger partial charge in [-0.1, -0.05) is 49.6 Å². The van der Waals surface area contributed by atoms with Gasteiger partial charge < -0.3 is 10.2 Å². The van der Waals surface area contributed by atoms with E-state index in [2.05, 4.69) is 5.32 Å². The van der Waals surface area contributed by atoms with E-state index >= 15 is 0 Å². The Morgan fingerprint density at radius 3 is 2.40 bits per heavy atom. The Morgan fingerprint density at radius 1 is 1.00 bits per heavy atom. The Labute approximate surface area is 181 Å². The smallest absolute Gasteiger partial charge is 0.255 e. The summed E-state index contributed by atoms with van der Waals surface area (Å²) >= 11 is 1.73. The van der Waals surface area contributed by atoms with Gasteiger partial charge in [0.2, 0.25) is 5.91 Å². The maximum atomic E-state index is 13.4. The fraction of sp³-hybridized carbons (Fsp3) is 0.417. The Morgan fingerprint density at radius 2 is 1.70 bits per heavy atom. The van der Waals surface area contributed by atoms with Gasteiger partial charge in [-0.15, -0.1) is 11.8 Å². The number of hydrogen-bond acceptors (Lipinski definition) is 3. The molecule has 1 N–H and O–H groups in total.